The third kappa shape index (κ3) is 2.76. The van der Waals surface area contributed by atoms with Crippen LogP contribution in [0.4, 0.5) is 11.4 Å². The summed E-state index contributed by atoms with van der Waals surface area (Å²) in [5.74, 6) is -1.98. The van der Waals surface area contributed by atoms with Crippen LogP contribution < -0.4 is 9.80 Å². The number of fused-ring (bicyclic) bond motifs is 2. The van der Waals surface area contributed by atoms with Gasteiger partial charge >= 0.3 is 11.8 Å². The van der Waals surface area contributed by atoms with E-state index in [4.69, 9.17) is 0 Å². The highest BCUT2D eigenvalue weighted by molar-refractivity contribution is 6.52. The minimum atomic E-state index is -0.515. The van der Waals surface area contributed by atoms with Crippen molar-refractivity contribution in [3.05, 3.63) is 59.7 Å². The molecule has 8 nitrogen and oxygen atoms in total. The number of hydrogen-bond acceptors (Lipinski definition) is 6. The second-order valence-corrected chi connectivity index (χ2v) is 7.37. The number of carbonyl (C=O) groups is 4. The highest BCUT2D eigenvalue weighted by Gasteiger charge is 2.39. The number of ketones is 2. The topological polar surface area (TPSA) is 81.2 Å². The molecular formula is C21H18N4O4. The first-order valence-corrected chi connectivity index (χ1v) is 9.40. The quantitative estimate of drug-likeness (QED) is 0.723. The van der Waals surface area contributed by atoms with Crippen LogP contribution >= 0.6 is 0 Å². The molecule has 0 aliphatic carbocycles. The van der Waals surface area contributed by atoms with Crippen LogP contribution in [0.25, 0.3) is 0 Å². The molecule has 2 aromatic rings. The third-order valence-corrected chi connectivity index (χ3v) is 5.57. The van der Waals surface area contributed by atoms with Crippen molar-refractivity contribution in [3.8, 4) is 0 Å². The molecule has 3 aliphatic rings. The van der Waals surface area contributed by atoms with E-state index in [0.29, 0.717) is 55.6 Å². The Morgan fingerprint density at radius 2 is 1.03 bits per heavy atom. The molecule has 3 heterocycles. The standard InChI is InChI=1S/C21H18N4O4/c26-18-14-5-1-3-7-16(14)24(20(18)28)12-22-9-10-23(11-22)13-25-17-8-4-2-6-15(17)19(27)21(25)29/h1-8H,9-13H2. The predicted molar refractivity (Wildman–Crippen MR) is 105 cm³/mol. The van der Waals surface area contributed by atoms with Crippen molar-refractivity contribution in [2.45, 2.75) is 0 Å². The number of carbonyl (C=O) groups excluding carboxylic acids is 4. The van der Waals surface area contributed by atoms with E-state index < -0.39 is 23.4 Å². The van der Waals surface area contributed by atoms with E-state index in [2.05, 4.69) is 0 Å². The lowest BCUT2D eigenvalue weighted by molar-refractivity contribution is -0.115. The van der Waals surface area contributed by atoms with Crippen LogP contribution in [0.5, 0.6) is 0 Å². The Kier molecular flexibility index (Phi) is 4.04. The summed E-state index contributed by atoms with van der Waals surface area (Å²) in [7, 11) is 0. The van der Waals surface area contributed by atoms with Crippen molar-refractivity contribution in [2.24, 2.45) is 0 Å². The van der Waals surface area contributed by atoms with Crippen LogP contribution in [0.3, 0.4) is 0 Å². The minimum Gasteiger partial charge on any atom is -0.291 e. The number of rotatable bonds is 4. The van der Waals surface area contributed by atoms with Gasteiger partial charge < -0.3 is 0 Å². The van der Waals surface area contributed by atoms with Crippen LogP contribution in [0.15, 0.2) is 48.5 Å². The number of para-hydroxylation sites is 2. The summed E-state index contributed by atoms with van der Waals surface area (Å²) in [4.78, 5) is 56.2. The van der Waals surface area contributed by atoms with Gasteiger partial charge in [-0.05, 0) is 24.3 Å². The van der Waals surface area contributed by atoms with Crippen LogP contribution in [-0.4, -0.2) is 66.3 Å². The molecule has 0 aromatic heterocycles. The van der Waals surface area contributed by atoms with E-state index >= 15 is 0 Å². The largest absolute Gasteiger partial charge is 0.300 e. The van der Waals surface area contributed by atoms with E-state index in [9.17, 15) is 19.2 Å². The second kappa shape index (κ2) is 6.61. The molecule has 29 heavy (non-hydrogen) atoms. The molecule has 0 atom stereocenters. The maximum Gasteiger partial charge on any atom is 0.300 e. The van der Waals surface area contributed by atoms with Gasteiger partial charge in [0.25, 0.3) is 11.6 Å². The predicted octanol–water partition coefficient (Wildman–Crippen LogP) is 0.935. The van der Waals surface area contributed by atoms with Gasteiger partial charge in [-0.3, -0.25) is 38.8 Å². The lowest BCUT2D eigenvalue weighted by Gasteiger charge is -2.26. The van der Waals surface area contributed by atoms with Gasteiger partial charge in [-0.25, -0.2) is 0 Å². The highest BCUT2D eigenvalue weighted by atomic mass is 16.2. The lowest BCUT2D eigenvalue weighted by Crippen LogP contribution is -2.43. The second-order valence-electron chi connectivity index (χ2n) is 7.37. The maximum absolute atomic E-state index is 12.4. The first-order valence-electron chi connectivity index (χ1n) is 9.40. The molecule has 0 spiro atoms. The summed E-state index contributed by atoms with van der Waals surface area (Å²) < 4.78 is 0. The lowest BCUT2D eigenvalue weighted by atomic mass is 10.1. The molecule has 0 unspecified atom stereocenters. The van der Waals surface area contributed by atoms with Crippen molar-refractivity contribution in [1.82, 2.24) is 9.80 Å². The molecule has 0 saturated carbocycles. The molecule has 146 valence electrons. The zero-order valence-electron chi connectivity index (χ0n) is 15.6. The van der Waals surface area contributed by atoms with Gasteiger partial charge in [-0.2, -0.15) is 0 Å². The summed E-state index contributed by atoms with van der Waals surface area (Å²) in [5, 5.41) is 0. The first kappa shape index (κ1) is 17.7. The normalized spacial score (nSPS) is 19.4. The van der Waals surface area contributed by atoms with Gasteiger partial charge in [0, 0.05) is 13.1 Å². The van der Waals surface area contributed by atoms with Gasteiger partial charge in [0.2, 0.25) is 0 Å². The number of amides is 2. The van der Waals surface area contributed by atoms with Crippen molar-refractivity contribution in [2.75, 3.05) is 42.9 Å². The minimum absolute atomic E-state index is 0.307. The van der Waals surface area contributed by atoms with Crippen molar-refractivity contribution in [3.63, 3.8) is 0 Å². The number of benzene rings is 2. The fourth-order valence-electron chi connectivity index (χ4n) is 4.12. The third-order valence-electron chi connectivity index (χ3n) is 5.57. The van der Waals surface area contributed by atoms with Crippen molar-refractivity contribution in [1.29, 1.82) is 0 Å². The fraction of sp³-hybridized carbons (Fsp3) is 0.238. The molecule has 2 amide bonds. The van der Waals surface area contributed by atoms with Crippen LogP contribution in [-0.2, 0) is 9.59 Å². The van der Waals surface area contributed by atoms with E-state index in [1.165, 1.54) is 9.80 Å². The van der Waals surface area contributed by atoms with Gasteiger partial charge in [0.1, 0.15) is 0 Å². The molecule has 0 radical (unpaired) electrons. The number of anilines is 2. The molecule has 5 rings (SSSR count). The molecule has 2 aromatic carbocycles. The molecule has 0 N–H and O–H groups in total. The van der Waals surface area contributed by atoms with Crippen LogP contribution in [0, 0.1) is 0 Å². The molecular weight excluding hydrogens is 372 g/mol. The zero-order chi connectivity index (χ0) is 20.1. The zero-order valence-corrected chi connectivity index (χ0v) is 15.6. The fourth-order valence-corrected chi connectivity index (χ4v) is 4.12. The summed E-state index contributed by atoms with van der Waals surface area (Å²) in [5.41, 5.74) is 2.14. The smallest absolute Gasteiger partial charge is 0.291 e. The van der Waals surface area contributed by atoms with E-state index in [-0.39, 0.29) is 0 Å². The molecule has 1 saturated heterocycles. The Balaban J connectivity index is 1.27. The summed E-state index contributed by atoms with van der Waals surface area (Å²) in [6.07, 6.45) is 0. The molecule has 1 fully saturated rings. The number of nitrogens with zero attached hydrogens (tertiary/aromatic N) is 4. The van der Waals surface area contributed by atoms with Gasteiger partial charge in [0.05, 0.1) is 42.5 Å². The van der Waals surface area contributed by atoms with Crippen molar-refractivity contribution < 1.29 is 19.2 Å². The maximum atomic E-state index is 12.4. The molecule has 8 heteroatoms. The van der Waals surface area contributed by atoms with E-state index in [1.54, 1.807) is 48.5 Å². The molecule has 0 bridgehead atoms. The summed E-state index contributed by atoms with van der Waals surface area (Å²) in [6.45, 7) is 2.53. The summed E-state index contributed by atoms with van der Waals surface area (Å²) in [6, 6.07) is 14.0. The summed E-state index contributed by atoms with van der Waals surface area (Å²) >= 11 is 0. The average Bonchev–Trinajstić information content (AvgIpc) is 3.36. The number of Topliss-reactive ketones (excluding diaryl/α,β-unsaturated/α-hetero) is 2. The average molecular weight is 390 g/mol. The van der Waals surface area contributed by atoms with Crippen LogP contribution in [0.2, 0.25) is 0 Å². The monoisotopic (exact) mass is 390 g/mol. The van der Waals surface area contributed by atoms with E-state index in [0.717, 1.165) is 0 Å². The van der Waals surface area contributed by atoms with Crippen LogP contribution in [0.1, 0.15) is 20.7 Å². The highest BCUT2D eigenvalue weighted by Crippen LogP contribution is 2.30. The Morgan fingerprint density at radius 3 is 1.48 bits per heavy atom. The Morgan fingerprint density at radius 1 is 0.621 bits per heavy atom. The molecule has 3 aliphatic heterocycles. The number of hydrogen-bond donors (Lipinski definition) is 0. The van der Waals surface area contributed by atoms with Gasteiger partial charge in [-0.1, -0.05) is 24.3 Å². The Labute approximate surface area is 166 Å². The Bertz CT molecular complexity index is 983. The SMILES string of the molecule is O=C1C(=O)N(CN2CCN(CN3C(=O)C(=O)c4ccccc43)C2)c2ccccc21. The van der Waals surface area contributed by atoms with Gasteiger partial charge in [0.15, 0.2) is 0 Å². The van der Waals surface area contributed by atoms with E-state index in [1.807, 2.05) is 9.80 Å². The first-order chi connectivity index (χ1) is 14.0. The van der Waals surface area contributed by atoms with Crippen molar-refractivity contribution >= 4 is 34.8 Å². The van der Waals surface area contributed by atoms with Gasteiger partial charge in [-0.15, -0.1) is 0 Å². The Hall–Kier alpha value is -3.36.